The first-order chi connectivity index (χ1) is 7.59. The fourth-order valence-corrected chi connectivity index (χ4v) is 1.15. The van der Waals surface area contributed by atoms with Crippen LogP contribution in [-0.2, 0) is 16.0 Å². The number of aromatic nitrogens is 2. The lowest BCUT2D eigenvalue weighted by atomic mass is 10.1. The van der Waals surface area contributed by atoms with Crippen molar-refractivity contribution in [1.29, 1.82) is 0 Å². The maximum atomic E-state index is 11.4. The van der Waals surface area contributed by atoms with E-state index in [4.69, 9.17) is 10.8 Å². The van der Waals surface area contributed by atoms with Crippen LogP contribution in [0.3, 0.4) is 0 Å². The average molecular weight is 226 g/mol. The number of amides is 1. The molecule has 0 radical (unpaired) electrons. The molecule has 5 N–H and O–H groups in total. The Kier molecular flexibility index (Phi) is 4.46. The van der Waals surface area contributed by atoms with Gasteiger partial charge in [-0.25, -0.2) is 4.98 Å². The monoisotopic (exact) mass is 226 g/mol. The van der Waals surface area contributed by atoms with Crippen LogP contribution in [0.4, 0.5) is 0 Å². The summed E-state index contributed by atoms with van der Waals surface area (Å²) in [5, 5.41) is 10.8. The second-order valence-corrected chi connectivity index (χ2v) is 3.32. The van der Waals surface area contributed by atoms with E-state index in [1.165, 1.54) is 6.33 Å². The van der Waals surface area contributed by atoms with Gasteiger partial charge in [-0.1, -0.05) is 0 Å². The Hall–Kier alpha value is -1.89. The lowest BCUT2D eigenvalue weighted by Crippen LogP contribution is -2.42. The summed E-state index contributed by atoms with van der Waals surface area (Å²) in [6.07, 6.45) is 3.33. The van der Waals surface area contributed by atoms with E-state index in [2.05, 4.69) is 15.3 Å². The van der Waals surface area contributed by atoms with Crippen molar-refractivity contribution in [3.05, 3.63) is 18.2 Å². The van der Waals surface area contributed by atoms with Crippen LogP contribution >= 0.6 is 0 Å². The largest absolute Gasteiger partial charge is 0.481 e. The van der Waals surface area contributed by atoms with Crippen molar-refractivity contribution in [1.82, 2.24) is 15.3 Å². The lowest BCUT2D eigenvalue weighted by molar-refractivity contribution is -0.136. The van der Waals surface area contributed by atoms with Crippen molar-refractivity contribution in [3.8, 4) is 0 Å². The average Bonchev–Trinajstić information content (AvgIpc) is 2.69. The second-order valence-electron chi connectivity index (χ2n) is 3.32. The smallest absolute Gasteiger partial charge is 0.305 e. The minimum Gasteiger partial charge on any atom is -0.481 e. The minimum atomic E-state index is -0.956. The van der Waals surface area contributed by atoms with Gasteiger partial charge >= 0.3 is 5.97 Å². The molecule has 0 aliphatic heterocycles. The molecule has 1 heterocycles. The number of aliphatic carboxylic acids is 1. The molecule has 1 rings (SSSR count). The Morgan fingerprint density at radius 2 is 2.38 bits per heavy atom. The fourth-order valence-electron chi connectivity index (χ4n) is 1.15. The second kappa shape index (κ2) is 5.86. The van der Waals surface area contributed by atoms with Crippen LogP contribution in [0.1, 0.15) is 12.1 Å². The van der Waals surface area contributed by atoms with Gasteiger partial charge in [-0.15, -0.1) is 0 Å². The van der Waals surface area contributed by atoms with Gasteiger partial charge in [0.25, 0.3) is 0 Å². The third kappa shape index (κ3) is 4.09. The number of carbonyl (C=O) groups excluding carboxylic acids is 1. The SMILES string of the molecule is NC(Cc1cnc[nH]1)C(=O)NCCC(=O)O. The van der Waals surface area contributed by atoms with E-state index < -0.39 is 12.0 Å². The zero-order chi connectivity index (χ0) is 12.0. The highest BCUT2D eigenvalue weighted by Gasteiger charge is 2.14. The molecule has 88 valence electrons. The van der Waals surface area contributed by atoms with Gasteiger partial charge < -0.3 is 21.1 Å². The maximum absolute atomic E-state index is 11.4. The minimum absolute atomic E-state index is 0.0881. The molecule has 0 saturated heterocycles. The summed E-state index contributed by atoms with van der Waals surface area (Å²) < 4.78 is 0. The highest BCUT2D eigenvalue weighted by atomic mass is 16.4. The van der Waals surface area contributed by atoms with Crippen molar-refractivity contribution >= 4 is 11.9 Å². The Morgan fingerprint density at radius 3 is 2.94 bits per heavy atom. The molecule has 1 unspecified atom stereocenters. The number of carboxylic acids is 1. The van der Waals surface area contributed by atoms with Crippen molar-refractivity contribution in [2.24, 2.45) is 5.73 Å². The highest BCUT2D eigenvalue weighted by Crippen LogP contribution is 1.96. The van der Waals surface area contributed by atoms with Crippen LogP contribution in [-0.4, -0.2) is 39.5 Å². The molecular weight excluding hydrogens is 212 g/mol. The highest BCUT2D eigenvalue weighted by molar-refractivity contribution is 5.82. The van der Waals surface area contributed by atoms with Gasteiger partial charge in [-0.2, -0.15) is 0 Å². The first-order valence-corrected chi connectivity index (χ1v) is 4.82. The van der Waals surface area contributed by atoms with Gasteiger partial charge in [0.1, 0.15) is 0 Å². The molecular formula is C9H14N4O3. The number of aromatic amines is 1. The number of nitrogens with two attached hydrogens (primary N) is 1. The van der Waals surface area contributed by atoms with E-state index in [0.717, 1.165) is 5.69 Å². The molecule has 7 heteroatoms. The van der Waals surface area contributed by atoms with Crippen molar-refractivity contribution in [2.75, 3.05) is 6.54 Å². The van der Waals surface area contributed by atoms with Gasteiger partial charge in [-0.05, 0) is 0 Å². The Morgan fingerprint density at radius 1 is 1.62 bits per heavy atom. The normalized spacial score (nSPS) is 12.1. The van der Waals surface area contributed by atoms with Crippen molar-refractivity contribution < 1.29 is 14.7 Å². The first kappa shape index (κ1) is 12.2. The topological polar surface area (TPSA) is 121 Å². The molecule has 1 aromatic heterocycles. The quantitative estimate of drug-likeness (QED) is 0.489. The number of carbonyl (C=O) groups is 2. The van der Waals surface area contributed by atoms with Crippen molar-refractivity contribution in [3.63, 3.8) is 0 Å². The van der Waals surface area contributed by atoms with Crippen LogP contribution in [0.2, 0.25) is 0 Å². The zero-order valence-corrected chi connectivity index (χ0v) is 8.64. The molecule has 0 aliphatic rings. The Balaban J connectivity index is 2.28. The van der Waals surface area contributed by atoms with E-state index in [1.807, 2.05) is 0 Å². The standard InChI is InChI=1S/C9H14N4O3/c10-7(3-6-4-11-5-13-6)9(16)12-2-1-8(14)15/h4-5,7H,1-3,10H2,(H,11,13)(H,12,16)(H,14,15). The molecule has 16 heavy (non-hydrogen) atoms. The fraction of sp³-hybridized carbons (Fsp3) is 0.444. The molecule has 0 saturated carbocycles. The zero-order valence-electron chi connectivity index (χ0n) is 8.64. The molecule has 1 atom stereocenters. The van der Waals surface area contributed by atoms with E-state index in [9.17, 15) is 9.59 Å². The van der Waals surface area contributed by atoms with Crippen LogP contribution < -0.4 is 11.1 Å². The summed E-state index contributed by atoms with van der Waals surface area (Å²) in [5.41, 5.74) is 6.38. The summed E-state index contributed by atoms with van der Waals surface area (Å²) in [7, 11) is 0. The molecule has 1 aromatic rings. The predicted molar refractivity (Wildman–Crippen MR) is 55.5 cm³/mol. The number of carboxylic acid groups (broad SMARTS) is 1. The van der Waals surface area contributed by atoms with Gasteiger partial charge in [0.05, 0.1) is 18.8 Å². The molecule has 7 nitrogen and oxygen atoms in total. The molecule has 0 aromatic carbocycles. The van der Waals surface area contributed by atoms with Crippen LogP contribution in [0, 0.1) is 0 Å². The molecule has 0 fully saturated rings. The summed E-state index contributed by atoms with van der Waals surface area (Å²) in [6, 6.07) is -0.700. The van der Waals surface area contributed by atoms with Crippen LogP contribution in [0.25, 0.3) is 0 Å². The van der Waals surface area contributed by atoms with E-state index in [0.29, 0.717) is 6.42 Å². The van der Waals surface area contributed by atoms with E-state index in [1.54, 1.807) is 6.20 Å². The summed E-state index contributed by atoms with van der Waals surface area (Å²) in [4.78, 5) is 28.2. The number of hydrogen-bond donors (Lipinski definition) is 4. The van der Waals surface area contributed by atoms with Crippen LogP contribution in [0.15, 0.2) is 12.5 Å². The van der Waals surface area contributed by atoms with E-state index in [-0.39, 0.29) is 18.9 Å². The third-order valence-corrected chi connectivity index (χ3v) is 1.97. The van der Waals surface area contributed by atoms with Crippen molar-refractivity contribution in [2.45, 2.75) is 18.9 Å². The number of imidazole rings is 1. The summed E-state index contributed by atoms with van der Waals surface area (Å²) in [6.45, 7) is 0.0881. The number of H-pyrrole nitrogens is 1. The molecule has 0 spiro atoms. The molecule has 1 amide bonds. The predicted octanol–water partition coefficient (Wildman–Crippen LogP) is -1.13. The number of rotatable bonds is 6. The van der Waals surface area contributed by atoms with Gasteiger partial charge in [0.2, 0.25) is 5.91 Å². The van der Waals surface area contributed by atoms with Crippen LogP contribution in [0.5, 0.6) is 0 Å². The Bertz CT molecular complexity index is 350. The summed E-state index contributed by atoms with van der Waals surface area (Å²) >= 11 is 0. The number of nitrogens with one attached hydrogen (secondary N) is 2. The van der Waals surface area contributed by atoms with E-state index >= 15 is 0 Å². The summed E-state index contributed by atoms with van der Waals surface area (Å²) in [5.74, 6) is -1.32. The third-order valence-electron chi connectivity index (χ3n) is 1.97. The van der Waals surface area contributed by atoms with Gasteiger partial charge in [-0.3, -0.25) is 9.59 Å². The molecule has 0 bridgehead atoms. The molecule has 0 aliphatic carbocycles. The first-order valence-electron chi connectivity index (χ1n) is 4.82. The Labute approximate surface area is 92.1 Å². The van der Waals surface area contributed by atoms with Gasteiger partial charge in [0, 0.05) is 24.9 Å². The van der Waals surface area contributed by atoms with Gasteiger partial charge in [0.15, 0.2) is 0 Å². The lowest BCUT2D eigenvalue weighted by Gasteiger charge is -2.10. The number of hydrogen-bond acceptors (Lipinski definition) is 4. The maximum Gasteiger partial charge on any atom is 0.305 e. The number of nitrogens with zero attached hydrogens (tertiary/aromatic N) is 1.